The summed E-state index contributed by atoms with van der Waals surface area (Å²) in [5.74, 6) is 0.0474. The summed E-state index contributed by atoms with van der Waals surface area (Å²) in [4.78, 5) is 23.0. The van der Waals surface area contributed by atoms with E-state index in [2.05, 4.69) is 15.0 Å². The maximum absolute atomic E-state index is 12.9. The number of benzene rings is 1. The summed E-state index contributed by atoms with van der Waals surface area (Å²) in [6, 6.07) is 5.85. The van der Waals surface area contributed by atoms with Crippen LogP contribution in [-0.2, 0) is 0 Å². The number of aromatic nitrogens is 3. The number of oxazole rings is 1. The van der Waals surface area contributed by atoms with Crippen LogP contribution in [0.1, 0.15) is 10.5 Å². The van der Waals surface area contributed by atoms with E-state index in [1.165, 1.54) is 24.5 Å². The van der Waals surface area contributed by atoms with Crippen molar-refractivity contribution in [3.63, 3.8) is 0 Å². The lowest BCUT2D eigenvalue weighted by molar-refractivity contribution is 0.111. The van der Waals surface area contributed by atoms with Gasteiger partial charge in [-0.2, -0.15) is 0 Å². The molecular formula is C14H7FIN3O2. The Kier molecular flexibility index (Phi) is 3.74. The molecule has 0 amide bonds. The van der Waals surface area contributed by atoms with Gasteiger partial charge in [-0.3, -0.25) is 9.78 Å². The molecule has 7 heteroatoms. The first-order valence-electron chi connectivity index (χ1n) is 5.87. The highest BCUT2D eigenvalue weighted by Crippen LogP contribution is 2.28. The Morgan fingerprint density at radius 3 is 2.52 bits per heavy atom. The van der Waals surface area contributed by atoms with E-state index in [4.69, 9.17) is 4.42 Å². The monoisotopic (exact) mass is 395 g/mol. The van der Waals surface area contributed by atoms with Crippen molar-refractivity contribution in [1.29, 1.82) is 0 Å². The normalized spacial score (nSPS) is 10.6. The molecule has 0 saturated carbocycles. The van der Waals surface area contributed by atoms with Crippen molar-refractivity contribution in [3.05, 3.63) is 51.9 Å². The molecule has 1 aromatic carbocycles. The molecule has 2 heterocycles. The van der Waals surface area contributed by atoms with Gasteiger partial charge in [-0.1, -0.05) is 0 Å². The number of nitrogens with zero attached hydrogens (tertiary/aromatic N) is 3. The third-order valence-electron chi connectivity index (χ3n) is 2.71. The molecule has 0 unspecified atom stereocenters. The molecule has 104 valence electrons. The van der Waals surface area contributed by atoms with Gasteiger partial charge in [0, 0.05) is 28.2 Å². The van der Waals surface area contributed by atoms with Gasteiger partial charge < -0.3 is 4.42 Å². The van der Waals surface area contributed by atoms with E-state index in [-0.39, 0.29) is 11.5 Å². The second kappa shape index (κ2) is 5.68. The lowest BCUT2D eigenvalue weighted by Crippen LogP contribution is -1.92. The summed E-state index contributed by atoms with van der Waals surface area (Å²) in [7, 11) is 0. The quantitative estimate of drug-likeness (QED) is 0.503. The highest BCUT2D eigenvalue weighted by atomic mass is 127. The van der Waals surface area contributed by atoms with E-state index in [1.54, 1.807) is 12.1 Å². The smallest absolute Gasteiger partial charge is 0.228 e. The van der Waals surface area contributed by atoms with Gasteiger partial charge >= 0.3 is 0 Å². The van der Waals surface area contributed by atoms with Crippen molar-refractivity contribution in [2.24, 2.45) is 0 Å². The molecule has 0 aliphatic heterocycles. The fourth-order valence-electron chi connectivity index (χ4n) is 1.70. The Labute approximate surface area is 132 Å². The van der Waals surface area contributed by atoms with E-state index in [1.807, 2.05) is 22.6 Å². The van der Waals surface area contributed by atoms with Gasteiger partial charge in [0.15, 0.2) is 10.1 Å². The third kappa shape index (κ3) is 2.82. The van der Waals surface area contributed by atoms with Crippen LogP contribution in [-0.4, -0.2) is 21.2 Å². The molecule has 21 heavy (non-hydrogen) atoms. The lowest BCUT2D eigenvalue weighted by Gasteiger charge is -1.95. The van der Waals surface area contributed by atoms with Gasteiger partial charge in [0.05, 0.1) is 12.4 Å². The predicted molar refractivity (Wildman–Crippen MR) is 81.0 cm³/mol. The van der Waals surface area contributed by atoms with Crippen molar-refractivity contribution >= 4 is 28.9 Å². The van der Waals surface area contributed by atoms with E-state index in [9.17, 15) is 9.18 Å². The standard InChI is InChI=1S/C14H7FIN3O2/c15-9-3-1-8(2-4-9)14-19-12(13(16)21-14)11-6-17-10(7-20)5-18-11/h1-7H. The van der Waals surface area contributed by atoms with Crippen molar-refractivity contribution in [3.8, 4) is 22.8 Å². The fourth-order valence-corrected chi connectivity index (χ4v) is 2.30. The summed E-state index contributed by atoms with van der Waals surface area (Å²) in [6.45, 7) is 0. The van der Waals surface area contributed by atoms with E-state index in [0.717, 1.165) is 0 Å². The number of aldehydes is 1. The molecule has 0 bridgehead atoms. The number of halogens is 2. The molecule has 0 spiro atoms. The topological polar surface area (TPSA) is 68.9 Å². The minimum absolute atomic E-state index is 0.246. The summed E-state index contributed by atoms with van der Waals surface area (Å²) < 4.78 is 19.0. The molecule has 0 radical (unpaired) electrons. The molecule has 2 aromatic heterocycles. The second-order valence-electron chi connectivity index (χ2n) is 4.09. The minimum Gasteiger partial charge on any atom is -0.430 e. The summed E-state index contributed by atoms with van der Waals surface area (Å²) in [5.41, 5.74) is 1.94. The van der Waals surface area contributed by atoms with Crippen LogP contribution in [0.5, 0.6) is 0 Å². The lowest BCUT2D eigenvalue weighted by atomic mass is 10.2. The molecule has 0 aliphatic carbocycles. The Balaban J connectivity index is 2.00. The van der Waals surface area contributed by atoms with Crippen LogP contribution in [0.2, 0.25) is 0 Å². The van der Waals surface area contributed by atoms with Gasteiger partial charge in [0.2, 0.25) is 5.89 Å². The zero-order chi connectivity index (χ0) is 14.8. The van der Waals surface area contributed by atoms with Crippen LogP contribution in [0.15, 0.2) is 41.1 Å². The van der Waals surface area contributed by atoms with E-state index >= 15 is 0 Å². The van der Waals surface area contributed by atoms with Crippen molar-refractivity contribution in [2.45, 2.75) is 0 Å². The summed E-state index contributed by atoms with van der Waals surface area (Å²) in [5, 5.41) is 0. The Morgan fingerprint density at radius 1 is 1.14 bits per heavy atom. The molecule has 0 fully saturated rings. The molecule has 0 atom stereocenters. The maximum Gasteiger partial charge on any atom is 0.228 e. The molecule has 3 aromatic rings. The van der Waals surface area contributed by atoms with Crippen LogP contribution < -0.4 is 0 Å². The molecule has 0 aliphatic rings. The molecule has 0 N–H and O–H groups in total. The highest BCUT2D eigenvalue weighted by molar-refractivity contribution is 14.1. The number of rotatable bonds is 3. The van der Waals surface area contributed by atoms with Gasteiger partial charge in [0.1, 0.15) is 22.9 Å². The zero-order valence-corrected chi connectivity index (χ0v) is 12.6. The first-order valence-corrected chi connectivity index (χ1v) is 6.95. The highest BCUT2D eigenvalue weighted by Gasteiger charge is 2.15. The number of hydrogen-bond acceptors (Lipinski definition) is 5. The van der Waals surface area contributed by atoms with E-state index in [0.29, 0.717) is 32.9 Å². The van der Waals surface area contributed by atoms with Crippen LogP contribution in [0, 0.1) is 9.58 Å². The number of carbonyl (C=O) groups excluding carboxylic acids is 1. The molecule has 5 nitrogen and oxygen atoms in total. The minimum atomic E-state index is -0.324. The third-order valence-corrected chi connectivity index (χ3v) is 3.44. The Hall–Kier alpha value is -2.16. The van der Waals surface area contributed by atoms with Gasteiger partial charge in [0.25, 0.3) is 0 Å². The summed E-state index contributed by atoms with van der Waals surface area (Å²) in [6.07, 6.45) is 3.44. The van der Waals surface area contributed by atoms with Gasteiger partial charge in [-0.25, -0.2) is 14.4 Å². The number of carbonyl (C=O) groups is 1. The Bertz CT molecular complexity index is 785. The van der Waals surface area contributed by atoms with Crippen LogP contribution in [0.4, 0.5) is 4.39 Å². The molecular weight excluding hydrogens is 388 g/mol. The molecule has 3 rings (SSSR count). The largest absolute Gasteiger partial charge is 0.430 e. The van der Waals surface area contributed by atoms with Crippen molar-refractivity contribution in [1.82, 2.24) is 15.0 Å². The van der Waals surface area contributed by atoms with Crippen LogP contribution in [0.3, 0.4) is 0 Å². The van der Waals surface area contributed by atoms with Crippen molar-refractivity contribution in [2.75, 3.05) is 0 Å². The van der Waals surface area contributed by atoms with Crippen molar-refractivity contribution < 1.29 is 13.6 Å². The van der Waals surface area contributed by atoms with Crippen LogP contribution in [0.25, 0.3) is 22.8 Å². The van der Waals surface area contributed by atoms with Gasteiger partial charge in [-0.05, 0) is 24.3 Å². The maximum atomic E-state index is 12.9. The SMILES string of the molecule is O=Cc1cnc(-c2nc(-c3ccc(F)cc3)oc2I)cn1. The van der Waals surface area contributed by atoms with Crippen LogP contribution >= 0.6 is 22.6 Å². The summed E-state index contributed by atoms with van der Waals surface area (Å²) >= 11 is 2.00. The number of hydrogen-bond donors (Lipinski definition) is 0. The van der Waals surface area contributed by atoms with Gasteiger partial charge in [-0.15, -0.1) is 0 Å². The average Bonchev–Trinajstić information content (AvgIpc) is 2.90. The van der Waals surface area contributed by atoms with E-state index < -0.39 is 0 Å². The fraction of sp³-hybridized carbons (Fsp3) is 0. The zero-order valence-electron chi connectivity index (χ0n) is 10.5. The predicted octanol–water partition coefficient (Wildman–Crippen LogP) is 3.35. The molecule has 0 saturated heterocycles. The second-order valence-corrected chi connectivity index (χ2v) is 5.07. The Morgan fingerprint density at radius 2 is 1.90 bits per heavy atom. The first kappa shape index (κ1) is 13.8. The first-order chi connectivity index (χ1) is 10.2. The average molecular weight is 395 g/mol.